The lowest BCUT2D eigenvalue weighted by Crippen LogP contribution is -2.33. The minimum Gasteiger partial charge on any atom is -0.471 e. The second-order valence-electron chi connectivity index (χ2n) is 6.14. The quantitative estimate of drug-likeness (QED) is 0.527. The number of aliphatic hydroxyl groups excluding tert-OH is 1. The molecule has 0 aliphatic heterocycles. The van der Waals surface area contributed by atoms with E-state index in [1.807, 2.05) is 0 Å². The van der Waals surface area contributed by atoms with E-state index in [2.05, 4.69) is 15.0 Å². The average molecular weight is 414 g/mol. The van der Waals surface area contributed by atoms with Crippen LogP contribution in [0.25, 0.3) is 0 Å². The van der Waals surface area contributed by atoms with Crippen LogP contribution in [0, 0.1) is 24.5 Å². The zero-order valence-corrected chi connectivity index (χ0v) is 16.0. The van der Waals surface area contributed by atoms with Gasteiger partial charge in [-0.15, -0.1) is 0 Å². The molecular formula is C17H20F2N4O4S. The van der Waals surface area contributed by atoms with E-state index in [4.69, 9.17) is 15.6 Å². The van der Waals surface area contributed by atoms with E-state index < -0.39 is 23.6 Å². The number of carbonyl (C=O) groups excluding carboxylic acids is 2. The number of ether oxygens (including phenoxy) is 1. The van der Waals surface area contributed by atoms with Crippen LogP contribution in [0.1, 0.15) is 28.4 Å². The van der Waals surface area contributed by atoms with Crippen molar-refractivity contribution in [2.75, 3.05) is 18.5 Å². The molecule has 152 valence electrons. The summed E-state index contributed by atoms with van der Waals surface area (Å²) in [6.45, 7) is 2.91. The number of urea groups is 1. The fourth-order valence-corrected chi connectivity index (χ4v) is 2.83. The van der Waals surface area contributed by atoms with E-state index in [1.165, 1.54) is 19.1 Å². The first-order valence-corrected chi connectivity index (χ1v) is 9.03. The van der Waals surface area contributed by atoms with Crippen molar-refractivity contribution in [3.8, 4) is 5.88 Å². The van der Waals surface area contributed by atoms with Crippen molar-refractivity contribution in [2.24, 2.45) is 11.7 Å². The summed E-state index contributed by atoms with van der Waals surface area (Å²) in [6, 6.07) is 2.14. The number of anilines is 1. The number of nitrogens with zero attached hydrogens (tertiary/aromatic N) is 1. The van der Waals surface area contributed by atoms with Gasteiger partial charge < -0.3 is 20.9 Å². The second kappa shape index (κ2) is 9.42. The Labute approximate surface area is 163 Å². The summed E-state index contributed by atoms with van der Waals surface area (Å²) in [7, 11) is 0. The van der Waals surface area contributed by atoms with E-state index in [9.17, 15) is 18.4 Å². The van der Waals surface area contributed by atoms with Gasteiger partial charge in [0, 0.05) is 18.7 Å². The van der Waals surface area contributed by atoms with Crippen LogP contribution in [-0.4, -0.2) is 34.6 Å². The molecule has 0 saturated heterocycles. The fourth-order valence-electron chi connectivity index (χ4n) is 2.10. The lowest BCUT2D eigenvalue weighted by molar-refractivity contribution is 0.0996. The fraction of sp³-hybridized carbons (Fsp3) is 0.353. The smallest absolute Gasteiger partial charge is 0.319 e. The highest BCUT2D eigenvalue weighted by Gasteiger charge is 2.23. The van der Waals surface area contributed by atoms with Gasteiger partial charge in [-0.1, -0.05) is 19.1 Å². The van der Waals surface area contributed by atoms with Crippen LogP contribution in [-0.2, 0) is 6.61 Å². The molecule has 0 saturated carbocycles. The van der Waals surface area contributed by atoms with Gasteiger partial charge in [0.1, 0.15) is 17.2 Å². The Kier molecular flexibility index (Phi) is 7.24. The zero-order valence-electron chi connectivity index (χ0n) is 15.2. The number of aliphatic hydroxyl groups is 1. The van der Waals surface area contributed by atoms with Gasteiger partial charge in [0.15, 0.2) is 11.6 Å². The SMILES string of the molecule is Cc1ccc(COc2nsc(NC(=O)NCC(C)CO)c2C(N)=O)c(F)c1F. The standard InChI is InChI=1S/C17H20F2N4O4S/c1-8(6-24)5-21-17(26)22-16-11(14(20)25)15(23-28-16)27-7-10-4-3-9(2)12(18)13(10)19/h3-4,8,24H,5-7H2,1-2H3,(H2,20,25)(H2,21,22,26). The number of halogens is 2. The number of nitrogens with two attached hydrogens (primary N) is 1. The molecule has 0 aliphatic carbocycles. The highest BCUT2D eigenvalue weighted by Crippen LogP contribution is 2.31. The average Bonchev–Trinajstić information content (AvgIpc) is 3.06. The summed E-state index contributed by atoms with van der Waals surface area (Å²) in [4.78, 5) is 23.6. The molecule has 1 heterocycles. The number of primary amides is 1. The number of rotatable bonds is 8. The lowest BCUT2D eigenvalue weighted by Gasteiger charge is -2.10. The third-order valence-corrected chi connectivity index (χ3v) is 4.52. The first-order chi connectivity index (χ1) is 13.2. The largest absolute Gasteiger partial charge is 0.471 e. The van der Waals surface area contributed by atoms with Crippen LogP contribution in [0.5, 0.6) is 5.88 Å². The van der Waals surface area contributed by atoms with Gasteiger partial charge in [0.05, 0.1) is 0 Å². The molecule has 1 unspecified atom stereocenters. The van der Waals surface area contributed by atoms with E-state index in [-0.39, 0.29) is 53.2 Å². The Morgan fingerprint density at radius 3 is 2.71 bits per heavy atom. The molecule has 2 aromatic rings. The molecule has 5 N–H and O–H groups in total. The highest BCUT2D eigenvalue weighted by molar-refractivity contribution is 7.11. The number of aromatic nitrogens is 1. The molecule has 1 atom stereocenters. The zero-order chi connectivity index (χ0) is 20.8. The van der Waals surface area contributed by atoms with Gasteiger partial charge in [-0.2, -0.15) is 4.37 Å². The molecular weight excluding hydrogens is 394 g/mol. The second-order valence-corrected chi connectivity index (χ2v) is 6.91. The normalized spacial score (nSPS) is 11.8. The Hall–Kier alpha value is -2.79. The maximum absolute atomic E-state index is 13.9. The number of aryl methyl sites for hydroxylation is 1. The van der Waals surface area contributed by atoms with Gasteiger partial charge in [-0.25, -0.2) is 13.6 Å². The Balaban J connectivity index is 2.11. The van der Waals surface area contributed by atoms with E-state index >= 15 is 0 Å². The van der Waals surface area contributed by atoms with Crippen LogP contribution in [0.15, 0.2) is 12.1 Å². The highest BCUT2D eigenvalue weighted by atomic mass is 32.1. The topological polar surface area (TPSA) is 127 Å². The van der Waals surface area contributed by atoms with Crippen LogP contribution < -0.4 is 21.1 Å². The summed E-state index contributed by atoms with van der Waals surface area (Å²) in [5.74, 6) is -3.28. The van der Waals surface area contributed by atoms with Gasteiger partial charge >= 0.3 is 6.03 Å². The summed E-state index contributed by atoms with van der Waals surface area (Å²) >= 11 is 0.753. The van der Waals surface area contributed by atoms with Crippen molar-refractivity contribution in [2.45, 2.75) is 20.5 Å². The molecule has 0 aliphatic rings. The van der Waals surface area contributed by atoms with Crippen molar-refractivity contribution in [3.63, 3.8) is 0 Å². The van der Waals surface area contributed by atoms with Gasteiger partial charge in [-0.05, 0) is 29.9 Å². The van der Waals surface area contributed by atoms with Crippen molar-refractivity contribution in [3.05, 3.63) is 40.5 Å². The summed E-state index contributed by atoms with van der Waals surface area (Å²) in [5.41, 5.74) is 5.25. The molecule has 0 radical (unpaired) electrons. The molecule has 28 heavy (non-hydrogen) atoms. The van der Waals surface area contributed by atoms with E-state index in [0.29, 0.717) is 0 Å². The molecule has 1 aromatic carbocycles. The van der Waals surface area contributed by atoms with Gasteiger partial charge in [-0.3, -0.25) is 10.1 Å². The van der Waals surface area contributed by atoms with Crippen LogP contribution in [0.2, 0.25) is 0 Å². The van der Waals surface area contributed by atoms with Crippen molar-refractivity contribution in [1.82, 2.24) is 9.69 Å². The minimum atomic E-state index is -1.05. The van der Waals surface area contributed by atoms with Crippen LogP contribution in [0.3, 0.4) is 0 Å². The summed E-state index contributed by atoms with van der Waals surface area (Å²) in [5, 5.41) is 13.9. The number of hydrogen-bond acceptors (Lipinski definition) is 6. The number of carbonyl (C=O) groups is 2. The summed E-state index contributed by atoms with van der Waals surface area (Å²) in [6.07, 6.45) is 0. The Bertz CT molecular complexity index is 875. The molecule has 11 heteroatoms. The molecule has 0 spiro atoms. The first-order valence-electron chi connectivity index (χ1n) is 8.26. The predicted molar refractivity (Wildman–Crippen MR) is 99.3 cm³/mol. The molecule has 0 fully saturated rings. The van der Waals surface area contributed by atoms with Crippen molar-refractivity contribution < 1.29 is 28.2 Å². The Morgan fingerprint density at radius 1 is 1.36 bits per heavy atom. The molecule has 2 rings (SSSR count). The van der Waals surface area contributed by atoms with E-state index in [0.717, 1.165) is 11.5 Å². The maximum Gasteiger partial charge on any atom is 0.319 e. The van der Waals surface area contributed by atoms with Gasteiger partial charge in [0.25, 0.3) is 5.91 Å². The maximum atomic E-state index is 13.9. The number of amides is 3. The number of benzene rings is 1. The molecule has 1 aromatic heterocycles. The lowest BCUT2D eigenvalue weighted by atomic mass is 10.1. The first kappa shape index (κ1) is 21.5. The van der Waals surface area contributed by atoms with Crippen molar-refractivity contribution in [1.29, 1.82) is 0 Å². The molecule has 8 nitrogen and oxygen atoms in total. The van der Waals surface area contributed by atoms with Crippen LogP contribution >= 0.6 is 11.5 Å². The Morgan fingerprint density at radius 2 is 2.07 bits per heavy atom. The number of nitrogens with one attached hydrogen (secondary N) is 2. The minimum absolute atomic E-state index is 0.0483. The van der Waals surface area contributed by atoms with Crippen LogP contribution in [0.4, 0.5) is 18.6 Å². The van der Waals surface area contributed by atoms with Gasteiger partial charge in [0.2, 0.25) is 5.88 Å². The monoisotopic (exact) mass is 414 g/mol. The molecule has 3 amide bonds. The third-order valence-electron chi connectivity index (χ3n) is 3.78. The van der Waals surface area contributed by atoms with E-state index in [1.54, 1.807) is 6.92 Å². The predicted octanol–water partition coefficient (Wildman–Crippen LogP) is 2.16. The van der Waals surface area contributed by atoms with Crippen molar-refractivity contribution >= 4 is 28.5 Å². The molecule has 0 bridgehead atoms. The number of hydrogen-bond donors (Lipinski definition) is 4. The third kappa shape index (κ3) is 5.14. The summed E-state index contributed by atoms with van der Waals surface area (Å²) < 4.78 is 36.8.